The maximum atomic E-state index is 11.8. The summed E-state index contributed by atoms with van der Waals surface area (Å²) in [4.78, 5) is 21.6. The highest BCUT2D eigenvalue weighted by Crippen LogP contribution is 2.41. The monoisotopic (exact) mass is 490 g/mol. The quantitative estimate of drug-likeness (QED) is 0.350. The van der Waals surface area contributed by atoms with E-state index in [0.717, 1.165) is 26.4 Å². The first-order chi connectivity index (χ1) is 17.0. The number of nitrogens with zero attached hydrogens (tertiary/aromatic N) is 3. The van der Waals surface area contributed by atoms with Crippen molar-refractivity contribution in [2.24, 2.45) is 0 Å². The molecule has 0 fully saturated rings. The molecule has 0 radical (unpaired) electrons. The maximum absolute atomic E-state index is 11.8. The molecule has 0 spiro atoms. The number of pyridine rings is 1. The molecular weight excluding hydrogens is 468 g/mol. The van der Waals surface area contributed by atoms with Gasteiger partial charge in [-0.2, -0.15) is 0 Å². The van der Waals surface area contributed by atoms with E-state index in [1.807, 2.05) is 40.9 Å². The summed E-state index contributed by atoms with van der Waals surface area (Å²) >= 11 is 1.55. The summed E-state index contributed by atoms with van der Waals surface area (Å²) < 4.78 is 25.4. The van der Waals surface area contributed by atoms with E-state index in [-0.39, 0.29) is 5.91 Å². The van der Waals surface area contributed by atoms with Gasteiger partial charge in [-0.25, -0.2) is 4.98 Å². The Bertz CT molecular complexity index is 1530. The van der Waals surface area contributed by atoms with Gasteiger partial charge in [0.25, 0.3) is 5.91 Å². The number of amides is 1. The average molecular weight is 491 g/mol. The highest BCUT2D eigenvalue weighted by molar-refractivity contribution is 7.23. The highest BCUT2D eigenvalue weighted by Gasteiger charge is 2.17. The summed E-state index contributed by atoms with van der Waals surface area (Å²) in [5, 5.41) is 2.56. The number of thiazole rings is 1. The molecule has 0 bridgehead atoms. The van der Waals surface area contributed by atoms with Gasteiger partial charge in [-0.15, -0.1) is 0 Å². The van der Waals surface area contributed by atoms with Crippen LogP contribution >= 0.6 is 11.3 Å². The van der Waals surface area contributed by atoms with Crippen molar-refractivity contribution in [2.45, 2.75) is 0 Å². The van der Waals surface area contributed by atoms with Gasteiger partial charge in [0.2, 0.25) is 5.75 Å². The summed E-state index contributed by atoms with van der Waals surface area (Å²) in [7, 11) is 6.31. The first kappa shape index (κ1) is 22.5. The Morgan fingerprint density at radius 2 is 1.71 bits per heavy atom. The molecule has 0 aliphatic rings. The van der Waals surface area contributed by atoms with Crippen LogP contribution in [0.4, 0.5) is 0 Å². The fraction of sp³-hybridized carbons (Fsp3) is 0.160. The minimum Gasteiger partial charge on any atom is -0.493 e. The third-order valence-electron chi connectivity index (χ3n) is 5.45. The van der Waals surface area contributed by atoms with E-state index in [9.17, 15) is 4.79 Å². The molecule has 0 saturated carbocycles. The first-order valence-electron chi connectivity index (χ1n) is 10.6. The van der Waals surface area contributed by atoms with Gasteiger partial charge in [0, 0.05) is 37.1 Å². The zero-order chi connectivity index (χ0) is 24.5. The standard InChI is InChI=1S/C25H22N4O5S/c1-26-24(30)17-11-16(7-8-27-17)34-15-5-6-19-22(12-15)35-25-28-18(13-29(19)25)14-9-20(31-2)23(33-4)21(10-14)32-3/h5-13H,1-4H3,(H,26,30). The lowest BCUT2D eigenvalue weighted by molar-refractivity contribution is 0.0958. The van der Waals surface area contributed by atoms with Crippen molar-refractivity contribution in [3.63, 3.8) is 0 Å². The lowest BCUT2D eigenvalue weighted by atomic mass is 10.1. The Kier molecular flexibility index (Phi) is 5.87. The Morgan fingerprint density at radius 1 is 0.971 bits per heavy atom. The minimum absolute atomic E-state index is 0.270. The lowest BCUT2D eigenvalue weighted by Gasteiger charge is -2.13. The van der Waals surface area contributed by atoms with Crippen molar-refractivity contribution >= 4 is 32.4 Å². The van der Waals surface area contributed by atoms with Gasteiger partial charge < -0.3 is 24.3 Å². The zero-order valence-electron chi connectivity index (χ0n) is 19.5. The SMILES string of the molecule is CNC(=O)c1cc(Oc2ccc3c(c2)sc2nc(-c4cc(OC)c(OC)c(OC)c4)cn23)ccn1. The van der Waals surface area contributed by atoms with Crippen LogP contribution < -0.4 is 24.3 Å². The number of benzene rings is 2. The number of fused-ring (bicyclic) bond motifs is 3. The van der Waals surface area contributed by atoms with Crippen molar-refractivity contribution in [3.8, 4) is 40.0 Å². The Labute approximate surface area is 204 Å². The van der Waals surface area contributed by atoms with Crippen molar-refractivity contribution in [3.05, 3.63) is 60.6 Å². The molecule has 9 nitrogen and oxygen atoms in total. The van der Waals surface area contributed by atoms with Crippen molar-refractivity contribution in [1.82, 2.24) is 19.7 Å². The smallest absolute Gasteiger partial charge is 0.269 e. The Morgan fingerprint density at radius 3 is 2.40 bits per heavy atom. The lowest BCUT2D eigenvalue weighted by Crippen LogP contribution is -2.18. The number of carbonyl (C=O) groups is 1. The summed E-state index contributed by atoms with van der Waals surface area (Å²) in [6.45, 7) is 0. The van der Waals surface area contributed by atoms with Gasteiger partial charge >= 0.3 is 0 Å². The number of carbonyl (C=O) groups excluding carboxylic acids is 1. The van der Waals surface area contributed by atoms with Crippen molar-refractivity contribution in [1.29, 1.82) is 0 Å². The van der Waals surface area contributed by atoms with E-state index in [0.29, 0.717) is 34.4 Å². The first-order valence-corrected chi connectivity index (χ1v) is 11.4. The molecule has 1 N–H and O–H groups in total. The molecule has 10 heteroatoms. The van der Waals surface area contributed by atoms with Crippen LogP contribution in [0.25, 0.3) is 26.4 Å². The molecule has 0 aliphatic heterocycles. The summed E-state index contributed by atoms with van der Waals surface area (Å²) in [6, 6.07) is 12.9. The van der Waals surface area contributed by atoms with Crippen LogP contribution in [0.1, 0.15) is 10.5 Å². The van der Waals surface area contributed by atoms with E-state index in [2.05, 4.69) is 10.3 Å². The van der Waals surface area contributed by atoms with Gasteiger partial charge in [-0.05, 0) is 30.3 Å². The van der Waals surface area contributed by atoms with Crippen LogP contribution in [0.3, 0.4) is 0 Å². The predicted molar refractivity (Wildman–Crippen MR) is 133 cm³/mol. The number of ether oxygens (including phenoxy) is 4. The molecule has 5 rings (SSSR count). The van der Waals surface area contributed by atoms with Gasteiger partial charge in [-0.3, -0.25) is 14.2 Å². The second kappa shape index (κ2) is 9.15. The van der Waals surface area contributed by atoms with Crippen molar-refractivity contribution in [2.75, 3.05) is 28.4 Å². The topological polar surface area (TPSA) is 96.2 Å². The van der Waals surface area contributed by atoms with Crippen LogP contribution in [0.2, 0.25) is 0 Å². The van der Waals surface area contributed by atoms with Crippen LogP contribution in [-0.2, 0) is 0 Å². The zero-order valence-corrected chi connectivity index (χ0v) is 20.3. The molecule has 0 saturated heterocycles. The van der Waals surface area contributed by atoms with Gasteiger partial charge in [0.15, 0.2) is 16.5 Å². The van der Waals surface area contributed by atoms with Crippen LogP contribution in [-0.4, -0.2) is 48.7 Å². The second-order valence-corrected chi connectivity index (χ2v) is 8.49. The summed E-state index contributed by atoms with van der Waals surface area (Å²) in [5.74, 6) is 2.59. The summed E-state index contributed by atoms with van der Waals surface area (Å²) in [6.07, 6.45) is 3.52. The number of imidazole rings is 1. The van der Waals surface area contributed by atoms with E-state index >= 15 is 0 Å². The van der Waals surface area contributed by atoms with Crippen molar-refractivity contribution < 1.29 is 23.7 Å². The van der Waals surface area contributed by atoms with Gasteiger partial charge in [0.1, 0.15) is 17.2 Å². The van der Waals surface area contributed by atoms with Gasteiger partial charge in [0.05, 0.1) is 37.2 Å². The Balaban J connectivity index is 1.48. The third kappa shape index (κ3) is 4.08. The fourth-order valence-electron chi connectivity index (χ4n) is 3.78. The number of rotatable bonds is 7. The molecule has 5 aromatic rings. The molecule has 3 heterocycles. The molecule has 0 unspecified atom stereocenters. The molecule has 178 valence electrons. The fourth-order valence-corrected chi connectivity index (χ4v) is 4.81. The number of hydrogen-bond acceptors (Lipinski definition) is 8. The molecule has 0 aliphatic carbocycles. The molecule has 3 aromatic heterocycles. The number of methoxy groups -OCH3 is 3. The number of nitrogens with one attached hydrogen (secondary N) is 1. The van der Waals surface area contributed by atoms with Gasteiger partial charge in [-0.1, -0.05) is 11.3 Å². The molecular formula is C25H22N4O5S. The van der Waals surface area contributed by atoms with Crippen LogP contribution in [0, 0.1) is 0 Å². The molecule has 1 amide bonds. The third-order valence-corrected chi connectivity index (χ3v) is 6.47. The molecule has 0 atom stereocenters. The maximum Gasteiger partial charge on any atom is 0.269 e. The molecule has 35 heavy (non-hydrogen) atoms. The number of aromatic nitrogens is 3. The second-order valence-electron chi connectivity index (χ2n) is 7.48. The van der Waals surface area contributed by atoms with Crippen LogP contribution in [0.5, 0.6) is 28.7 Å². The highest BCUT2D eigenvalue weighted by atomic mass is 32.1. The van der Waals surface area contributed by atoms with Crippen LogP contribution in [0.15, 0.2) is 54.9 Å². The van der Waals surface area contributed by atoms with E-state index in [1.54, 1.807) is 58.0 Å². The largest absolute Gasteiger partial charge is 0.493 e. The normalized spacial score (nSPS) is 11.0. The average Bonchev–Trinajstić information content (AvgIpc) is 3.45. The molecule has 2 aromatic carbocycles. The van der Waals surface area contributed by atoms with E-state index in [1.165, 1.54) is 0 Å². The summed E-state index contributed by atoms with van der Waals surface area (Å²) in [5.41, 5.74) is 2.94. The number of hydrogen-bond donors (Lipinski definition) is 1. The Hall–Kier alpha value is -4.31. The minimum atomic E-state index is -0.270. The van der Waals surface area contributed by atoms with E-state index < -0.39 is 0 Å². The predicted octanol–water partition coefficient (Wildman–Crippen LogP) is 4.79. The van der Waals surface area contributed by atoms with E-state index in [4.69, 9.17) is 23.9 Å².